The van der Waals surface area contributed by atoms with Gasteiger partial charge in [0.1, 0.15) is 24.3 Å². The highest BCUT2D eigenvalue weighted by molar-refractivity contribution is 5.72. The summed E-state index contributed by atoms with van der Waals surface area (Å²) in [5, 5.41) is 13.7. The van der Waals surface area contributed by atoms with E-state index in [-0.39, 0.29) is 18.5 Å². The lowest BCUT2D eigenvalue weighted by atomic mass is 9.97. The second-order valence-corrected chi connectivity index (χ2v) is 8.38. The molecule has 1 saturated heterocycles. The van der Waals surface area contributed by atoms with Crippen LogP contribution in [0.25, 0.3) is 0 Å². The van der Waals surface area contributed by atoms with Crippen molar-refractivity contribution in [2.24, 2.45) is 5.92 Å². The second kappa shape index (κ2) is 11.9. The second-order valence-electron chi connectivity index (χ2n) is 8.38. The van der Waals surface area contributed by atoms with Gasteiger partial charge < -0.3 is 24.8 Å². The number of carbonyl (C=O) groups is 1. The van der Waals surface area contributed by atoms with E-state index in [1.165, 1.54) is 7.11 Å². The summed E-state index contributed by atoms with van der Waals surface area (Å²) in [6.07, 6.45) is 0.959. The third-order valence-electron chi connectivity index (χ3n) is 5.60. The highest BCUT2D eigenvalue weighted by Crippen LogP contribution is 2.19. The first-order chi connectivity index (χ1) is 15.4. The average Bonchev–Trinajstić information content (AvgIpc) is 2.78. The van der Waals surface area contributed by atoms with Crippen LogP contribution in [0.15, 0.2) is 30.3 Å². The molecule has 1 aromatic carbocycles. The molecule has 2 N–H and O–H groups in total. The van der Waals surface area contributed by atoms with Gasteiger partial charge in [0.2, 0.25) is 0 Å². The summed E-state index contributed by atoms with van der Waals surface area (Å²) in [6, 6.07) is 9.81. The fourth-order valence-electron chi connectivity index (χ4n) is 3.96. The molecule has 2 heterocycles. The lowest BCUT2D eigenvalue weighted by molar-refractivity contribution is -0.147. The molecule has 2 aromatic rings. The number of nitrogens with zero attached hydrogens (tertiary/aromatic N) is 3. The average molecular weight is 443 g/mol. The third-order valence-corrected chi connectivity index (χ3v) is 5.60. The molecule has 0 saturated carbocycles. The summed E-state index contributed by atoms with van der Waals surface area (Å²) in [5.74, 6) is 1.37. The normalized spacial score (nSPS) is 16.0. The molecule has 8 heteroatoms. The Morgan fingerprint density at radius 3 is 2.44 bits per heavy atom. The molecule has 0 radical (unpaired) electrons. The minimum absolute atomic E-state index is 0.0221. The molecule has 3 rings (SSSR count). The zero-order valence-electron chi connectivity index (χ0n) is 19.2. The van der Waals surface area contributed by atoms with E-state index in [0.717, 1.165) is 54.5 Å². The minimum atomic E-state index is -0.580. The van der Waals surface area contributed by atoms with Crippen LogP contribution >= 0.6 is 0 Å². The van der Waals surface area contributed by atoms with E-state index >= 15 is 0 Å². The summed E-state index contributed by atoms with van der Waals surface area (Å²) in [4.78, 5) is 22.6. The SMILES string of the molecule is COC(=O)C1CCN(C[C@@H](O)COc2ccc(CNCc3nc(C)cc(C)n3)cc2)CC1. The standard InChI is InChI=1S/C24H34N4O4/c1-17-12-18(2)27-23(26-17)14-25-13-19-4-6-22(7-5-19)32-16-21(29)15-28-10-8-20(9-11-28)24(30)31-3/h4-7,12,20-21,25,29H,8-11,13-16H2,1-3H3/t21-/m1/s1. The molecule has 1 aromatic heterocycles. The molecular weight excluding hydrogens is 408 g/mol. The number of nitrogens with one attached hydrogen (secondary N) is 1. The van der Waals surface area contributed by atoms with Crippen LogP contribution in [0.5, 0.6) is 5.75 Å². The fourth-order valence-corrected chi connectivity index (χ4v) is 3.96. The summed E-state index contributed by atoms with van der Waals surface area (Å²) in [7, 11) is 1.43. The van der Waals surface area contributed by atoms with E-state index in [2.05, 4.69) is 20.2 Å². The number of esters is 1. The van der Waals surface area contributed by atoms with Crippen LogP contribution in [0, 0.1) is 19.8 Å². The number of hydrogen-bond donors (Lipinski definition) is 2. The summed E-state index contributed by atoms with van der Waals surface area (Å²) in [6.45, 7) is 7.61. The van der Waals surface area contributed by atoms with Crippen LogP contribution in [0.3, 0.4) is 0 Å². The molecular formula is C24H34N4O4. The lowest BCUT2D eigenvalue weighted by Gasteiger charge is -2.31. The van der Waals surface area contributed by atoms with Crippen molar-refractivity contribution in [3.05, 3.63) is 53.1 Å². The zero-order valence-corrected chi connectivity index (χ0v) is 19.2. The number of ether oxygens (including phenoxy) is 2. The molecule has 1 atom stereocenters. The Morgan fingerprint density at radius 1 is 1.16 bits per heavy atom. The maximum atomic E-state index is 11.6. The van der Waals surface area contributed by atoms with E-state index in [9.17, 15) is 9.90 Å². The molecule has 1 fully saturated rings. The Bertz CT molecular complexity index is 847. The van der Waals surface area contributed by atoms with Crippen molar-refractivity contribution < 1.29 is 19.4 Å². The summed E-state index contributed by atoms with van der Waals surface area (Å²) >= 11 is 0. The highest BCUT2D eigenvalue weighted by Gasteiger charge is 2.26. The van der Waals surface area contributed by atoms with Crippen molar-refractivity contribution in [1.29, 1.82) is 0 Å². The monoisotopic (exact) mass is 442 g/mol. The number of likely N-dealkylation sites (tertiary alicyclic amines) is 1. The molecule has 0 unspecified atom stereocenters. The zero-order chi connectivity index (χ0) is 22.9. The van der Waals surface area contributed by atoms with Gasteiger partial charge in [-0.2, -0.15) is 0 Å². The molecule has 0 aliphatic carbocycles. The van der Waals surface area contributed by atoms with E-state index in [4.69, 9.17) is 9.47 Å². The maximum absolute atomic E-state index is 11.6. The number of aromatic nitrogens is 2. The molecule has 1 aliphatic heterocycles. The molecule has 32 heavy (non-hydrogen) atoms. The topological polar surface area (TPSA) is 96.8 Å². The molecule has 1 aliphatic rings. The molecule has 8 nitrogen and oxygen atoms in total. The van der Waals surface area contributed by atoms with Gasteiger partial charge in [-0.15, -0.1) is 0 Å². The minimum Gasteiger partial charge on any atom is -0.491 e. The molecule has 0 amide bonds. The van der Waals surface area contributed by atoms with Gasteiger partial charge in [-0.1, -0.05) is 12.1 Å². The number of methoxy groups -OCH3 is 1. The number of aliphatic hydroxyl groups is 1. The van der Waals surface area contributed by atoms with Crippen LogP contribution < -0.4 is 10.1 Å². The van der Waals surface area contributed by atoms with Gasteiger partial charge in [-0.3, -0.25) is 4.79 Å². The van der Waals surface area contributed by atoms with E-state index in [0.29, 0.717) is 19.6 Å². The number of benzene rings is 1. The molecule has 174 valence electrons. The van der Waals surface area contributed by atoms with Crippen LogP contribution in [-0.4, -0.2) is 65.4 Å². The highest BCUT2D eigenvalue weighted by atomic mass is 16.5. The number of aryl methyl sites for hydroxylation is 2. The van der Waals surface area contributed by atoms with E-state index in [1.54, 1.807) is 0 Å². The first-order valence-electron chi connectivity index (χ1n) is 11.1. The number of rotatable bonds is 10. The Morgan fingerprint density at radius 2 is 1.81 bits per heavy atom. The van der Waals surface area contributed by atoms with Gasteiger partial charge >= 0.3 is 5.97 Å². The predicted octanol–water partition coefficient (Wildman–Crippen LogP) is 2.01. The van der Waals surface area contributed by atoms with Crippen molar-refractivity contribution >= 4 is 5.97 Å². The van der Waals surface area contributed by atoms with E-state index in [1.807, 2.05) is 44.2 Å². The molecule has 0 bridgehead atoms. The van der Waals surface area contributed by atoms with Crippen molar-refractivity contribution in [3.63, 3.8) is 0 Å². The number of aliphatic hydroxyl groups excluding tert-OH is 1. The lowest BCUT2D eigenvalue weighted by Crippen LogP contribution is -2.42. The van der Waals surface area contributed by atoms with Crippen LogP contribution in [0.1, 0.15) is 35.6 Å². The fraction of sp³-hybridized carbons (Fsp3) is 0.542. The largest absolute Gasteiger partial charge is 0.491 e. The maximum Gasteiger partial charge on any atom is 0.308 e. The summed E-state index contributed by atoms with van der Waals surface area (Å²) < 4.78 is 10.6. The van der Waals surface area contributed by atoms with Crippen molar-refractivity contribution in [3.8, 4) is 5.75 Å². The van der Waals surface area contributed by atoms with Gasteiger partial charge in [-0.25, -0.2) is 9.97 Å². The van der Waals surface area contributed by atoms with Gasteiger partial charge in [0.05, 0.1) is 19.6 Å². The van der Waals surface area contributed by atoms with Crippen LogP contribution in [0.2, 0.25) is 0 Å². The smallest absolute Gasteiger partial charge is 0.308 e. The Kier molecular flexibility index (Phi) is 8.96. The Hall–Kier alpha value is -2.55. The number of hydrogen-bond acceptors (Lipinski definition) is 8. The van der Waals surface area contributed by atoms with Gasteiger partial charge in [0.25, 0.3) is 0 Å². The Balaban J connectivity index is 1.35. The number of carbonyl (C=O) groups excluding carboxylic acids is 1. The van der Waals surface area contributed by atoms with E-state index < -0.39 is 6.10 Å². The van der Waals surface area contributed by atoms with Gasteiger partial charge in [-0.05, 0) is 63.5 Å². The Labute approximate surface area is 190 Å². The van der Waals surface area contributed by atoms with Crippen molar-refractivity contribution in [1.82, 2.24) is 20.2 Å². The van der Waals surface area contributed by atoms with Crippen molar-refractivity contribution in [2.75, 3.05) is 33.4 Å². The summed E-state index contributed by atoms with van der Waals surface area (Å²) in [5.41, 5.74) is 3.09. The first-order valence-corrected chi connectivity index (χ1v) is 11.1. The van der Waals surface area contributed by atoms with Crippen molar-refractivity contribution in [2.45, 2.75) is 45.9 Å². The van der Waals surface area contributed by atoms with Crippen LogP contribution in [-0.2, 0) is 22.6 Å². The predicted molar refractivity (Wildman–Crippen MR) is 121 cm³/mol. The van der Waals surface area contributed by atoms with Crippen LogP contribution in [0.4, 0.5) is 0 Å². The third kappa shape index (κ3) is 7.55. The quantitative estimate of drug-likeness (QED) is 0.540. The first kappa shape index (κ1) is 24.1. The molecule has 0 spiro atoms. The number of piperidine rings is 1. The van der Waals surface area contributed by atoms with Gasteiger partial charge in [0, 0.05) is 24.5 Å². The van der Waals surface area contributed by atoms with Gasteiger partial charge in [0.15, 0.2) is 0 Å². The number of β-amino-alcohol motifs (C(OH)–C–C–N with tert-alkyl or cyclic N) is 1.